The van der Waals surface area contributed by atoms with Crippen LogP contribution in [0.15, 0.2) is 30.3 Å². The molecular weight excluding hydrogens is 248 g/mol. The van der Waals surface area contributed by atoms with E-state index in [9.17, 15) is 0 Å². The van der Waals surface area contributed by atoms with E-state index >= 15 is 0 Å². The van der Waals surface area contributed by atoms with Crippen molar-refractivity contribution in [1.82, 2.24) is 15.2 Å². The van der Waals surface area contributed by atoms with Crippen molar-refractivity contribution in [2.45, 2.75) is 31.3 Å². The van der Waals surface area contributed by atoms with Crippen molar-refractivity contribution in [3.63, 3.8) is 0 Å². The minimum atomic E-state index is 0.383. The number of rotatable bonds is 6. The number of nitrogens with two attached hydrogens (primary N) is 1. The highest BCUT2D eigenvalue weighted by molar-refractivity contribution is 5.14. The fourth-order valence-corrected chi connectivity index (χ4v) is 2.94. The number of likely N-dealkylation sites (N-methyl/N-ethyl adjacent to an activating group) is 2. The van der Waals surface area contributed by atoms with Gasteiger partial charge in [0, 0.05) is 31.7 Å². The van der Waals surface area contributed by atoms with Crippen molar-refractivity contribution in [3.05, 3.63) is 35.9 Å². The van der Waals surface area contributed by atoms with Crippen LogP contribution in [-0.2, 0) is 6.42 Å². The predicted octanol–water partition coefficient (Wildman–Crippen LogP) is 1.09. The molecule has 1 heterocycles. The van der Waals surface area contributed by atoms with E-state index in [-0.39, 0.29) is 0 Å². The van der Waals surface area contributed by atoms with Crippen molar-refractivity contribution in [3.8, 4) is 0 Å². The Labute approximate surface area is 122 Å². The van der Waals surface area contributed by atoms with Gasteiger partial charge in [-0.3, -0.25) is 11.3 Å². The van der Waals surface area contributed by atoms with Gasteiger partial charge in [-0.1, -0.05) is 30.3 Å². The average Bonchev–Trinajstić information content (AvgIpc) is 2.48. The van der Waals surface area contributed by atoms with Gasteiger partial charge in [-0.15, -0.1) is 0 Å². The van der Waals surface area contributed by atoms with Crippen molar-refractivity contribution < 1.29 is 0 Å². The first kappa shape index (κ1) is 15.4. The molecule has 0 saturated carbocycles. The summed E-state index contributed by atoms with van der Waals surface area (Å²) in [6, 6.07) is 11.6. The van der Waals surface area contributed by atoms with Crippen LogP contribution in [0.2, 0.25) is 0 Å². The molecule has 1 saturated heterocycles. The zero-order valence-electron chi connectivity index (χ0n) is 12.8. The lowest BCUT2D eigenvalue weighted by Gasteiger charge is -2.39. The fourth-order valence-electron chi connectivity index (χ4n) is 2.94. The van der Waals surface area contributed by atoms with Crippen LogP contribution >= 0.6 is 0 Å². The third kappa shape index (κ3) is 4.56. The molecule has 1 aromatic rings. The maximum Gasteiger partial charge on any atom is 0.0235 e. The van der Waals surface area contributed by atoms with Crippen LogP contribution in [0.4, 0.5) is 0 Å². The first-order valence-electron chi connectivity index (χ1n) is 7.58. The number of aryl methyl sites for hydroxylation is 1. The van der Waals surface area contributed by atoms with Gasteiger partial charge in [-0.25, -0.2) is 0 Å². The van der Waals surface area contributed by atoms with E-state index in [1.54, 1.807) is 0 Å². The monoisotopic (exact) mass is 276 g/mol. The predicted molar refractivity (Wildman–Crippen MR) is 84.4 cm³/mol. The first-order valence-corrected chi connectivity index (χ1v) is 7.58. The normalized spacial score (nSPS) is 22.9. The molecule has 112 valence electrons. The van der Waals surface area contributed by atoms with Crippen LogP contribution in [0, 0.1) is 0 Å². The first-order chi connectivity index (χ1) is 9.69. The Hall–Kier alpha value is -0.940. The minimum Gasteiger partial charge on any atom is -0.304 e. The SMILES string of the molecule is CN1CCN(C)C(CC(CCc2ccccc2)NN)C1. The number of nitrogens with zero attached hydrogens (tertiary/aromatic N) is 2. The number of hydrogen-bond acceptors (Lipinski definition) is 4. The molecule has 0 amide bonds. The number of benzene rings is 1. The Morgan fingerprint density at radius 2 is 2.00 bits per heavy atom. The van der Waals surface area contributed by atoms with Crippen LogP contribution < -0.4 is 11.3 Å². The number of nitrogens with one attached hydrogen (secondary N) is 1. The molecule has 2 atom stereocenters. The molecular formula is C16H28N4. The lowest BCUT2D eigenvalue weighted by molar-refractivity contribution is 0.100. The van der Waals surface area contributed by atoms with Gasteiger partial charge in [0.2, 0.25) is 0 Å². The topological polar surface area (TPSA) is 44.5 Å². The molecule has 20 heavy (non-hydrogen) atoms. The minimum absolute atomic E-state index is 0.383. The second-order valence-electron chi connectivity index (χ2n) is 6.02. The zero-order chi connectivity index (χ0) is 14.4. The van der Waals surface area contributed by atoms with Crippen LogP contribution in [0.3, 0.4) is 0 Å². The Morgan fingerprint density at radius 3 is 2.70 bits per heavy atom. The van der Waals surface area contributed by atoms with Gasteiger partial charge in [-0.05, 0) is 38.9 Å². The number of hydrazine groups is 1. The maximum absolute atomic E-state index is 5.75. The molecule has 1 fully saturated rings. The van der Waals surface area contributed by atoms with Gasteiger partial charge in [0.25, 0.3) is 0 Å². The molecule has 2 rings (SSSR count). The van der Waals surface area contributed by atoms with Crippen molar-refractivity contribution in [1.29, 1.82) is 0 Å². The second-order valence-corrected chi connectivity index (χ2v) is 6.02. The molecule has 0 aromatic heterocycles. The van der Waals surface area contributed by atoms with E-state index in [0.29, 0.717) is 12.1 Å². The maximum atomic E-state index is 5.75. The summed E-state index contributed by atoms with van der Waals surface area (Å²) < 4.78 is 0. The molecule has 0 radical (unpaired) electrons. The highest BCUT2D eigenvalue weighted by Crippen LogP contribution is 2.15. The number of hydrogen-bond donors (Lipinski definition) is 2. The Kier molecular flexibility index (Phi) is 5.98. The zero-order valence-corrected chi connectivity index (χ0v) is 12.8. The number of piperazine rings is 1. The summed E-state index contributed by atoms with van der Waals surface area (Å²) in [6.07, 6.45) is 3.29. The highest BCUT2D eigenvalue weighted by atomic mass is 15.3. The summed E-state index contributed by atoms with van der Waals surface area (Å²) in [4.78, 5) is 4.88. The van der Waals surface area contributed by atoms with Gasteiger partial charge in [-0.2, -0.15) is 0 Å². The molecule has 4 nitrogen and oxygen atoms in total. The van der Waals surface area contributed by atoms with Crippen molar-refractivity contribution in [2.75, 3.05) is 33.7 Å². The van der Waals surface area contributed by atoms with Gasteiger partial charge >= 0.3 is 0 Å². The van der Waals surface area contributed by atoms with E-state index in [4.69, 9.17) is 5.84 Å². The summed E-state index contributed by atoms with van der Waals surface area (Å²) in [5.74, 6) is 5.75. The second kappa shape index (κ2) is 7.74. The van der Waals surface area contributed by atoms with Gasteiger partial charge in [0.05, 0.1) is 0 Å². The Bertz CT molecular complexity index is 381. The van der Waals surface area contributed by atoms with E-state index in [2.05, 4.69) is 59.7 Å². The van der Waals surface area contributed by atoms with Gasteiger partial charge < -0.3 is 9.80 Å². The third-order valence-corrected chi connectivity index (χ3v) is 4.40. The van der Waals surface area contributed by atoms with Crippen LogP contribution in [0.5, 0.6) is 0 Å². The third-order valence-electron chi connectivity index (χ3n) is 4.40. The van der Waals surface area contributed by atoms with E-state index in [1.807, 2.05) is 0 Å². The largest absolute Gasteiger partial charge is 0.304 e. The molecule has 0 spiro atoms. The quantitative estimate of drug-likeness (QED) is 0.603. The highest BCUT2D eigenvalue weighted by Gasteiger charge is 2.24. The standard InChI is InChI=1S/C16H28N4/c1-19-10-11-20(2)16(13-19)12-15(18-17)9-8-14-6-4-3-5-7-14/h3-7,15-16,18H,8-13,17H2,1-2H3. The molecule has 2 unspecified atom stereocenters. The summed E-state index contributed by atoms with van der Waals surface area (Å²) >= 11 is 0. The summed E-state index contributed by atoms with van der Waals surface area (Å²) in [7, 11) is 4.43. The van der Waals surface area contributed by atoms with Crippen LogP contribution in [0.1, 0.15) is 18.4 Å². The van der Waals surface area contributed by atoms with Crippen LogP contribution in [-0.4, -0.2) is 55.6 Å². The fraction of sp³-hybridized carbons (Fsp3) is 0.625. The van der Waals surface area contributed by atoms with Crippen molar-refractivity contribution >= 4 is 0 Å². The van der Waals surface area contributed by atoms with Gasteiger partial charge in [0.15, 0.2) is 0 Å². The molecule has 3 N–H and O–H groups in total. The van der Waals surface area contributed by atoms with Gasteiger partial charge in [0.1, 0.15) is 0 Å². The molecule has 0 bridgehead atoms. The molecule has 1 aliphatic heterocycles. The van der Waals surface area contributed by atoms with E-state index < -0.39 is 0 Å². The summed E-state index contributed by atoms with van der Waals surface area (Å²) in [5.41, 5.74) is 4.40. The summed E-state index contributed by atoms with van der Waals surface area (Å²) in [6.45, 7) is 3.45. The lowest BCUT2D eigenvalue weighted by Crippen LogP contribution is -2.52. The Balaban J connectivity index is 1.82. The molecule has 4 heteroatoms. The molecule has 1 aromatic carbocycles. The van der Waals surface area contributed by atoms with Crippen LogP contribution in [0.25, 0.3) is 0 Å². The molecule has 1 aliphatic rings. The van der Waals surface area contributed by atoms with E-state index in [0.717, 1.165) is 38.9 Å². The lowest BCUT2D eigenvalue weighted by atomic mass is 9.98. The molecule has 0 aliphatic carbocycles. The smallest absolute Gasteiger partial charge is 0.0235 e. The summed E-state index contributed by atoms with van der Waals surface area (Å²) in [5, 5.41) is 0. The van der Waals surface area contributed by atoms with Crippen molar-refractivity contribution in [2.24, 2.45) is 5.84 Å². The van der Waals surface area contributed by atoms with E-state index in [1.165, 1.54) is 5.56 Å². The Morgan fingerprint density at radius 1 is 1.25 bits per heavy atom. The average molecular weight is 276 g/mol.